The molecule has 2 heteroatoms. The van der Waals surface area contributed by atoms with E-state index < -0.39 is 0 Å². The van der Waals surface area contributed by atoms with Crippen LogP contribution in [-0.4, -0.2) is 4.57 Å². The minimum Gasteiger partial charge on any atom is -0.456 e. The minimum atomic E-state index is 0.945. The third-order valence-electron chi connectivity index (χ3n) is 5.47. The van der Waals surface area contributed by atoms with Crippen molar-refractivity contribution in [3.63, 3.8) is 0 Å². The molecule has 0 saturated carbocycles. The Morgan fingerprint density at radius 2 is 1.58 bits per heavy atom. The lowest BCUT2D eigenvalue weighted by Gasteiger charge is -2.13. The fraction of sp³-hybridized carbons (Fsp3) is 0.0833. The summed E-state index contributed by atoms with van der Waals surface area (Å²) in [5.41, 5.74) is 7.14. The molecule has 0 amide bonds. The first-order chi connectivity index (χ1) is 12.9. The highest BCUT2D eigenvalue weighted by molar-refractivity contribution is 6.05. The number of aromatic nitrogens is 1. The first kappa shape index (κ1) is 14.0. The van der Waals surface area contributed by atoms with E-state index in [0.29, 0.717) is 0 Å². The van der Waals surface area contributed by atoms with Crippen LogP contribution in [0.5, 0.6) is 0 Å². The molecule has 2 heterocycles. The molecule has 0 N–H and O–H groups in total. The van der Waals surface area contributed by atoms with Crippen LogP contribution in [0.4, 0.5) is 0 Å². The second kappa shape index (κ2) is 5.12. The summed E-state index contributed by atoms with van der Waals surface area (Å²) in [5, 5.41) is 3.68. The van der Waals surface area contributed by atoms with E-state index in [2.05, 4.69) is 71.3 Å². The molecule has 2 aromatic heterocycles. The van der Waals surface area contributed by atoms with E-state index in [0.717, 1.165) is 24.0 Å². The SMILES string of the molecule is C1=Cc2c(n(-c3ccc4oc5ccccc5c4c3)c3ccccc23)CC1. The number of rotatable bonds is 1. The van der Waals surface area contributed by atoms with Crippen molar-refractivity contribution in [1.29, 1.82) is 0 Å². The second-order valence-corrected chi connectivity index (χ2v) is 6.93. The molecule has 1 aliphatic carbocycles. The fourth-order valence-electron chi connectivity index (χ4n) is 4.32. The van der Waals surface area contributed by atoms with E-state index in [1.807, 2.05) is 12.1 Å². The molecule has 3 aromatic carbocycles. The van der Waals surface area contributed by atoms with Crippen LogP contribution >= 0.6 is 0 Å². The maximum absolute atomic E-state index is 6.00. The average Bonchev–Trinajstić information content (AvgIpc) is 3.23. The molecule has 26 heavy (non-hydrogen) atoms. The van der Waals surface area contributed by atoms with Crippen molar-refractivity contribution in [3.05, 3.63) is 84.1 Å². The topological polar surface area (TPSA) is 18.1 Å². The van der Waals surface area contributed by atoms with Gasteiger partial charge in [0.2, 0.25) is 0 Å². The van der Waals surface area contributed by atoms with E-state index in [1.54, 1.807) is 0 Å². The van der Waals surface area contributed by atoms with Gasteiger partial charge in [0, 0.05) is 33.1 Å². The van der Waals surface area contributed by atoms with E-state index in [4.69, 9.17) is 4.42 Å². The average molecular weight is 335 g/mol. The van der Waals surface area contributed by atoms with E-state index >= 15 is 0 Å². The molecule has 1 aliphatic rings. The Bertz CT molecular complexity index is 1330. The molecule has 0 unspecified atom stereocenters. The zero-order chi connectivity index (χ0) is 17.1. The van der Waals surface area contributed by atoms with Gasteiger partial charge in [-0.15, -0.1) is 0 Å². The number of furan rings is 1. The summed E-state index contributed by atoms with van der Waals surface area (Å²) < 4.78 is 8.43. The van der Waals surface area contributed by atoms with Crippen molar-refractivity contribution in [2.75, 3.05) is 0 Å². The molecule has 0 radical (unpaired) electrons. The highest BCUT2D eigenvalue weighted by Gasteiger charge is 2.18. The van der Waals surface area contributed by atoms with Crippen molar-refractivity contribution < 1.29 is 4.42 Å². The number of para-hydroxylation sites is 2. The molecule has 0 bridgehead atoms. The standard InChI is InChI=1S/C24H17NO/c1-4-10-21-17(7-1)18-8-2-5-11-22(18)25(21)16-13-14-24-20(15-16)19-9-3-6-12-23(19)26-24/h1-4,6-10,12-15H,5,11H2. The van der Waals surface area contributed by atoms with Gasteiger partial charge in [-0.25, -0.2) is 0 Å². The number of hydrogen-bond acceptors (Lipinski definition) is 1. The number of allylic oxidation sites excluding steroid dienone is 1. The van der Waals surface area contributed by atoms with Crippen LogP contribution in [0.1, 0.15) is 17.7 Å². The third kappa shape index (κ3) is 1.81. The molecule has 0 saturated heterocycles. The monoisotopic (exact) mass is 335 g/mol. The van der Waals surface area contributed by atoms with Crippen LogP contribution in [0.25, 0.3) is 44.6 Å². The van der Waals surface area contributed by atoms with Gasteiger partial charge in [-0.3, -0.25) is 0 Å². The molecular weight excluding hydrogens is 318 g/mol. The molecule has 5 aromatic rings. The number of fused-ring (bicyclic) bond motifs is 6. The zero-order valence-electron chi connectivity index (χ0n) is 14.3. The maximum Gasteiger partial charge on any atom is 0.135 e. The van der Waals surface area contributed by atoms with Gasteiger partial charge >= 0.3 is 0 Å². The third-order valence-corrected chi connectivity index (χ3v) is 5.47. The second-order valence-electron chi connectivity index (χ2n) is 6.93. The lowest BCUT2D eigenvalue weighted by Crippen LogP contribution is -2.02. The van der Waals surface area contributed by atoms with Gasteiger partial charge in [-0.1, -0.05) is 48.6 Å². The predicted octanol–water partition coefficient (Wildman–Crippen LogP) is 6.49. The van der Waals surface area contributed by atoms with Crippen LogP contribution in [0.15, 0.2) is 77.2 Å². The number of benzene rings is 3. The number of hydrogen-bond donors (Lipinski definition) is 0. The maximum atomic E-state index is 6.00. The van der Waals surface area contributed by atoms with Gasteiger partial charge in [0.25, 0.3) is 0 Å². The summed E-state index contributed by atoms with van der Waals surface area (Å²) in [4.78, 5) is 0. The number of nitrogens with zero attached hydrogens (tertiary/aromatic N) is 1. The van der Waals surface area contributed by atoms with Crippen LogP contribution in [0.2, 0.25) is 0 Å². The Kier molecular flexibility index (Phi) is 2.75. The summed E-state index contributed by atoms with van der Waals surface area (Å²) in [5.74, 6) is 0. The van der Waals surface area contributed by atoms with Crippen LogP contribution < -0.4 is 0 Å². The van der Waals surface area contributed by atoms with Gasteiger partial charge < -0.3 is 8.98 Å². The molecule has 2 nitrogen and oxygen atoms in total. The van der Waals surface area contributed by atoms with Gasteiger partial charge in [0.1, 0.15) is 11.2 Å². The highest BCUT2D eigenvalue weighted by Crippen LogP contribution is 2.36. The molecule has 0 atom stereocenters. The first-order valence-electron chi connectivity index (χ1n) is 9.11. The zero-order valence-corrected chi connectivity index (χ0v) is 14.3. The molecular formula is C24H17NO. The first-order valence-corrected chi connectivity index (χ1v) is 9.11. The van der Waals surface area contributed by atoms with Crippen molar-refractivity contribution in [2.24, 2.45) is 0 Å². The van der Waals surface area contributed by atoms with Crippen molar-refractivity contribution in [2.45, 2.75) is 12.8 Å². The predicted molar refractivity (Wildman–Crippen MR) is 108 cm³/mol. The summed E-state index contributed by atoms with van der Waals surface area (Å²) in [7, 11) is 0. The van der Waals surface area contributed by atoms with Gasteiger partial charge in [0.05, 0.1) is 5.52 Å². The Labute approximate surface area is 151 Å². The molecule has 0 aliphatic heterocycles. The molecule has 0 spiro atoms. The van der Waals surface area contributed by atoms with Crippen LogP contribution in [0.3, 0.4) is 0 Å². The Morgan fingerprint density at radius 1 is 0.769 bits per heavy atom. The van der Waals surface area contributed by atoms with Crippen molar-refractivity contribution >= 4 is 38.9 Å². The Balaban J connectivity index is 1.71. The molecule has 6 rings (SSSR count). The van der Waals surface area contributed by atoms with Crippen molar-refractivity contribution in [3.8, 4) is 5.69 Å². The molecule has 0 fully saturated rings. The van der Waals surface area contributed by atoms with Gasteiger partial charge in [-0.05, 0) is 43.2 Å². The fourth-order valence-corrected chi connectivity index (χ4v) is 4.32. The molecule has 124 valence electrons. The highest BCUT2D eigenvalue weighted by atomic mass is 16.3. The lowest BCUT2D eigenvalue weighted by molar-refractivity contribution is 0.669. The van der Waals surface area contributed by atoms with Crippen LogP contribution in [0, 0.1) is 0 Å². The van der Waals surface area contributed by atoms with Crippen molar-refractivity contribution in [1.82, 2.24) is 4.57 Å². The van der Waals surface area contributed by atoms with Crippen LogP contribution in [-0.2, 0) is 6.42 Å². The summed E-state index contributed by atoms with van der Waals surface area (Å²) in [6.45, 7) is 0. The summed E-state index contributed by atoms with van der Waals surface area (Å²) >= 11 is 0. The van der Waals surface area contributed by atoms with Gasteiger partial charge in [0.15, 0.2) is 0 Å². The van der Waals surface area contributed by atoms with E-state index in [1.165, 1.54) is 38.6 Å². The summed E-state index contributed by atoms with van der Waals surface area (Å²) in [6.07, 6.45) is 6.74. The quantitative estimate of drug-likeness (QED) is 0.342. The largest absolute Gasteiger partial charge is 0.456 e. The Morgan fingerprint density at radius 3 is 2.54 bits per heavy atom. The Hall–Kier alpha value is -3.26. The minimum absolute atomic E-state index is 0.945. The van der Waals surface area contributed by atoms with Gasteiger partial charge in [-0.2, -0.15) is 0 Å². The smallest absolute Gasteiger partial charge is 0.135 e. The normalized spacial score (nSPS) is 13.7. The lowest BCUT2D eigenvalue weighted by atomic mass is 10.0. The summed E-state index contributed by atoms with van der Waals surface area (Å²) in [6, 6.07) is 23.5. The van der Waals surface area contributed by atoms with E-state index in [9.17, 15) is 0 Å². The van der Waals surface area contributed by atoms with E-state index in [-0.39, 0.29) is 0 Å².